The normalized spacial score (nSPS) is 19.9. The molecule has 0 spiro atoms. The molecule has 1 aromatic carbocycles. The molecule has 1 aliphatic carbocycles. The van der Waals surface area contributed by atoms with Crippen LogP contribution in [0.15, 0.2) is 22.7 Å². The Labute approximate surface area is 93.8 Å². The Morgan fingerprint density at radius 2 is 1.93 bits per heavy atom. The molecule has 1 nitrogen and oxygen atoms in total. The molecule has 14 heavy (non-hydrogen) atoms. The van der Waals surface area contributed by atoms with Gasteiger partial charge >= 0.3 is 0 Å². The highest BCUT2D eigenvalue weighted by Crippen LogP contribution is 2.39. The third kappa shape index (κ3) is 1.73. The van der Waals surface area contributed by atoms with E-state index in [4.69, 9.17) is 5.73 Å². The molecule has 0 heterocycles. The molecule has 76 valence electrons. The van der Waals surface area contributed by atoms with Crippen LogP contribution in [0.25, 0.3) is 0 Å². The largest absolute Gasteiger partial charge is 0.321 e. The highest BCUT2D eigenvalue weighted by molar-refractivity contribution is 9.10. The molecule has 2 rings (SSSR count). The molecule has 0 amide bonds. The van der Waals surface area contributed by atoms with Gasteiger partial charge in [0.05, 0.1) is 0 Å². The molecule has 0 saturated heterocycles. The second-order valence-electron chi connectivity index (χ2n) is 4.35. The third-order valence-corrected chi connectivity index (χ3v) is 3.81. The van der Waals surface area contributed by atoms with E-state index in [1.54, 1.807) is 0 Å². The fourth-order valence-electron chi connectivity index (χ4n) is 2.30. The van der Waals surface area contributed by atoms with E-state index in [0.717, 1.165) is 12.8 Å². The first-order valence-corrected chi connectivity index (χ1v) is 5.97. The van der Waals surface area contributed by atoms with Crippen molar-refractivity contribution in [3.8, 4) is 0 Å². The number of rotatable bonds is 1. The zero-order valence-corrected chi connectivity index (χ0v) is 10.1. The first kappa shape index (κ1) is 10.2. The lowest BCUT2D eigenvalue weighted by Gasteiger charge is -2.25. The Bertz CT molecular complexity index is 340. The average molecular weight is 254 g/mol. The van der Waals surface area contributed by atoms with Crippen LogP contribution in [-0.2, 0) is 5.54 Å². The molecule has 1 saturated carbocycles. The van der Waals surface area contributed by atoms with Gasteiger partial charge in [0.1, 0.15) is 0 Å². The fraction of sp³-hybridized carbons (Fsp3) is 0.500. The molecule has 0 radical (unpaired) electrons. The van der Waals surface area contributed by atoms with Gasteiger partial charge in [-0.15, -0.1) is 0 Å². The van der Waals surface area contributed by atoms with Crippen molar-refractivity contribution in [1.82, 2.24) is 0 Å². The van der Waals surface area contributed by atoms with Crippen LogP contribution in [0.4, 0.5) is 0 Å². The Morgan fingerprint density at radius 1 is 1.29 bits per heavy atom. The maximum atomic E-state index is 6.40. The van der Waals surface area contributed by atoms with Crippen molar-refractivity contribution in [3.63, 3.8) is 0 Å². The van der Waals surface area contributed by atoms with E-state index in [1.807, 2.05) is 0 Å². The van der Waals surface area contributed by atoms with Crippen molar-refractivity contribution in [1.29, 1.82) is 0 Å². The van der Waals surface area contributed by atoms with Gasteiger partial charge in [-0.3, -0.25) is 0 Å². The molecule has 0 unspecified atom stereocenters. The quantitative estimate of drug-likeness (QED) is 0.815. The molecule has 2 heteroatoms. The molecule has 2 N–H and O–H groups in total. The van der Waals surface area contributed by atoms with Gasteiger partial charge in [0.2, 0.25) is 0 Å². The second-order valence-corrected chi connectivity index (χ2v) is 5.20. The first-order chi connectivity index (χ1) is 6.62. The van der Waals surface area contributed by atoms with Gasteiger partial charge in [-0.2, -0.15) is 0 Å². The minimum absolute atomic E-state index is 0.0769. The van der Waals surface area contributed by atoms with Crippen LogP contribution >= 0.6 is 15.9 Å². The molecule has 1 aliphatic rings. The number of benzene rings is 1. The number of nitrogens with two attached hydrogens (primary N) is 1. The Balaban J connectivity index is 2.40. The van der Waals surface area contributed by atoms with Gasteiger partial charge in [0, 0.05) is 10.0 Å². The SMILES string of the molecule is Cc1ccc(C2(N)CCCC2)c(Br)c1. The van der Waals surface area contributed by atoms with E-state index in [9.17, 15) is 0 Å². The number of halogens is 1. The molecule has 1 aromatic rings. The number of hydrogen-bond acceptors (Lipinski definition) is 1. The fourth-order valence-corrected chi connectivity index (χ4v) is 3.19. The predicted octanol–water partition coefficient (Wildman–Crippen LogP) is 3.49. The van der Waals surface area contributed by atoms with E-state index in [-0.39, 0.29) is 5.54 Å². The van der Waals surface area contributed by atoms with Crippen LogP contribution in [0.1, 0.15) is 36.8 Å². The minimum atomic E-state index is -0.0769. The van der Waals surface area contributed by atoms with Crippen LogP contribution in [0.3, 0.4) is 0 Å². The summed E-state index contributed by atoms with van der Waals surface area (Å²) < 4.78 is 1.17. The molecular formula is C12H16BrN. The van der Waals surface area contributed by atoms with E-state index in [2.05, 4.69) is 41.1 Å². The Hall–Kier alpha value is -0.340. The highest BCUT2D eigenvalue weighted by Gasteiger charge is 2.32. The van der Waals surface area contributed by atoms with Crippen LogP contribution < -0.4 is 5.73 Å². The standard InChI is InChI=1S/C12H16BrN/c1-9-4-5-10(11(13)8-9)12(14)6-2-3-7-12/h4-5,8H,2-3,6-7,14H2,1H3. The summed E-state index contributed by atoms with van der Waals surface area (Å²) >= 11 is 3.61. The third-order valence-electron chi connectivity index (χ3n) is 3.16. The summed E-state index contributed by atoms with van der Waals surface area (Å²) in [6.45, 7) is 2.10. The zero-order chi connectivity index (χ0) is 10.2. The van der Waals surface area contributed by atoms with Crippen LogP contribution in [0.2, 0.25) is 0 Å². The van der Waals surface area contributed by atoms with Gasteiger partial charge < -0.3 is 5.73 Å². The first-order valence-electron chi connectivity index (χ1n) is 5.17. The molecule has 0 aromatic heterocycles. The van der Waals surface area contributed by atoms with E-state index in [1.165, 1.54) is 28.4 Å². The van der Waals surface area contributed by atoms with Gasteiger partial charge in [0.15, 0.2) is 0 Å². The Morgan fingerprint density at radius 3 is 2.50 bits per heavy atom. The topological polar surface area (TPSA) is 26.0 Å². The summed E-state index contributed by atoms with van der Waals surface area (Å²) in [7, 11) is 0. The highest BCUT2D eigenvalue weighted by atomic mass is 79.9. The maximum Gasteiger partial charge on any atom is 0.0420 e. The smallest absolute Gasteiger partial charge is 0.0420 e. The van der Waals surface area contributed by atoms with Gasteiger partial charge in [-0.25, -0.2) is 0 Å². The average Bonchev–Trinajstić information content (AvgIpc) is 2.52. The number of aryl methyl sites for hydroxylation is 1. The van der Waals surface area contributed by atoms with Gasteiger partial charge in [-0.05, 0) is 37.0 Å². The summed E-state index contributed by atoms with van der Waals surface area (Å²) in [5.74, 6) is 0. The van der Waals surface area contributed by atoms with Crippen molar-refractivity contribution < 1.29 is 0 Å². The minimum Gasteiger partial charge on any atom is -0.321 e. The number of hydrogen-bond donors (Lipinski definition) is 1. The lowest BCUT2D eigenvalue weighted by Crippen LogP contribution is -2.33. The van der Waals surface area contributed by atoms with Gasteiger partial charge in [0.25, 0.3) is 0 Å². The van der Waals surface area contributed by atoms with E-state index < -0.39 is 0 Å². The van der Waals surface area contributed by atoms with E-state index in [0.29, 0.717) is 0 Å². The Kier molecular flexibility index (Phi) is 2.67. The van der Waals surface area contributed by atoms with Gasteiger partial charge in [-0.1, -0.05) is 40.9 Å². The van der Waals surface area contributed by atoms with Crippen molar-refractivity contribution in [2.45, 2.75) is 38.1 Å². The summed E-state index contributed by atoms with van der Waals surface area (Å²) in [5.41, 5.74) is 8.88. The maximum absolute atomic E-state index is 6.40. The van der Waals surface area contributed by atoms with Crippen LogP contribution in [0, 0.1) is 6.92 Å². The van der Waals surface area contributed by atoms with E-state index >= 15 is 0 Å². The monoisotopic (exact) mass is 253 g/mol. The summed E-state index contributed by atoms with van der Waals surface area (Å²) in [5, 5.41) is 0. The molecule has 0 aliphatic heterocycles. The molecule has 1 fully saturated rings. The molecule has 0 bridgehead atoms. The van der Waals surface area contributed by atoms with Crippen LogP contribution in [-0.4, -0.2) is 0 Å². The van der Waals surface area contributed by atoms with Crippen molar-refractivity contribution in [3.05, 3.63) is 33.8 Å². The second kappa shape index (κ2) is 3.67. The van der Waals surface area contributed by atoms with Crippen LogP contribution in [0.5, 0.6) is 0 Å². The van der Waals surface area contributed by atoms with Crippen molar-refractivity contribution in [2.75, 3.05) is 0 Å². The van der Waals surface area contributed by atoms with Crippen molar-refractivity contribution in [2.24, 2.45) is 5.73 Å². The predicted molar refractivity (Wildman–Crippen MR) is 63.2 cm³/mol. The lowest BCUT2D eigenvalue weighted by atomic mass is 9.89. The summed E-state index contributed by atoms with van der Waals surface area (Å²) in [6.07, 6.45) is 4.76. The molecular weight excluding hydrogens is 238 g/mol. The summed E-state index contributed by atoms with van der Waals surface area (Å²) in [6, 6.07) is 6.47. The molecule has 0 atom stereocenters. The zero-order valence-electron chi connectivity index (χ0n) is 8.52. The summed E-state index contributed by atoms with van der Waals surface area (Å²) in [4.78, 5) is 0. The van der Waals surface area contributed by atoms with Crippen molar-refractivity contribution >= 4 is 15.9 Å². The lowest BCUT2D eigenvalue weighted by molar-refractivity contribution is 0.459.